The van der Waals surface area contributed by atoms with Crippen molar-refractivity contribution in [1.29, 1.82) is 0 Å². The van der Waals surface area contributed by atoms with Crippen LogP contribution < -0.4 is 10.6 Å². The molecular formula is C20H37IN4O3. The third kappa shape index (κ3) is 8.53. The molecule has 1 saturated heterocycles. The number of nitrogens with zero attached hydrogens (tertiary/aromatic N) is 2. The molecule has 0 aromatic heterocycles. The lowest BCUT2D eigenvalue weighted by Gasteiger charge is -2.21. The van der Waals surface area contributed by atoms with Crippen LogP contribution in [0.3, 0.4) is 0 Å². The molecule has 2 aliphatic rings. The van der Waals surface area contributed by atoms with Crippen molar-refractivity contribution in [3.8, 4) is 0 Å². The van der Waals surface area contributed by atoms with E-state index in [2.05, 4.69) is 20.4 Å². The quantitative estimate of drug-likeness (QED) is 0.165. The first kappa shape index (κ1) is 25.0. The fourth-order valence-corrected chi connectivity index (χ4v) is 3.95. The Kier molecular flexibility index (Phi) is 12.5. The Labute approximate surface area is 186 Å². The number of guanidine groups is 1. The van der Waals surface area contributed by atoms with Crippen LogP contribution in [0.15, 0.2) is 4.99 Å². The number of rotatable bonds is 9. The molecule has 2 fully saturated rings. The van der Waals surface area contributed by atoms with Crippen molar-refractivity contribution in [2.45, 2.75) is 70.3 Å². The fourth-order valence-electron chi connectivity index (χ4n) is 3.95. The van der Waals surface area contributed by atoms with Crippen molar-refractivity contribution in [3.63, 3.8) is 0 Å². The van der Waals surface area contributed by atoms with Crippen LogP contribution in [0.5, 0.6) is 0 Å². The van der Waals surface area contributed by atoms with E-state index in [0.29, 0.717) is 12.3 Å². The number of carbonyl (C=O) groups excluding carboxylic acids is 2. The van der Waals surface area contributed by atoms with Gasteiger partial charge in [-0.3, -0.25) is 14.6 Å². The van der Waals surface area contributed by atoms with E-state index >= 15 is 0 Å². The number of esters is 1. The summed E-state index contributed by atoms with van der Waals surface area (Å²) in [6, 6.07) is 0.279. The van der Waals surface area contributed by atoms with Crippen LogP contribution in [0.2, 0.25) is 0 Å². The maximum absolute atomic E-state index is 12.5. The predicted octanol–water partition coefficient (Wildman–Crippen LogP) is 2.68. The lowest BCUT2D eigenvalue weighted by Crippen LogP contribution is -2.45. The van der Waals surface area contributed by atoms with Crippen LogP contribution in [0.25, 0.3) is 0 Å². The number of methoxy groups -OCH3 is 1. The number of hydrogen-bond acceptors (Lipinski definition) is 4. The molecule has 1 aliphatic carbocycles. The van der Waals surface area contributed by atoms with Gasteiger partial charge in [0.05, 0.1) is 7.11 Å². The van der Waals surface area contributed by atoms with Gasteiger partial charge >= 0.3 is 5.97 Å². The smallest absolute Gasteiger partial charge is 0.305 e. The number of amides is 1. The minimum atomic E-state index is -0.130. The fraction of sp³-hybridized carbons (Fsp3) is 0.850. The van der Waals surface area contributed by atoms with Gasteiger partial charge < -0.3 is 20.3 Å². The Balaban J connectivity index is 0.00000392. The predicted molar refractivity (Wildman–Crippen MR) is 122 cm³/mol. The molecule has 0 aromatic rings. The third-order valence-electron chi connectivity index (χ3n) is 5.60. The second-order valence-electron chi connectivity index (χ2n) is 7.63. The van der Waals surface area contributed by atoms with Gasteiger partial charge in [0.25, 0.3) is 0 Å². The van der Waals surface area contributed by atoms with Gasteiger partial charge in [0.1, 0.15) is 0 Å². The molecule has 1 heterocycles. The highest BCUT2D eigenvalue weighted by molar-refractivity contribution is 14.0. The lowest BCUT2D eigenvalue weighted by molar-refractivity contribution is -0.140. The van der Waals surface area contributed by atoms with Crippen molar-refractivity contribution >= 4 is 41.8 Å². The molecule has 1 amide bonds. The molecule has 7 nitrogen and oxygen atoms in total. The molecule has 0 radical (unpaired) electrons. The molecule has 1 saturated carbocycles. The third-order valence-corrected chi connectivity index (χ3v) is 5.60. The van der Waals surface area contributed by atoms with Crippen LogP contribution >= 0.6 is 24.0 Å². The first-order valence-electron chi connectivity index (χ1n) is 10.5. The molecule has 0 spiro atoms. The van der Waals surface area contributed by atoms with Crippen molar-refractivity contribution in [2.24, 2.45) is 10.9 Å². The average molecular weight is 508 g/mol. The molecule has 2 N–H and O–H groups in total. The van der Waals surface area contributed by atoms with Gasteiger partial charge in [-0.25, -0.2) is 0 Å². The summed E-state index contributed by atoms with van der Waals surface area (Å²) in [5, 5.41) is 6.80. The Bertz CT molecular complexity index is 510. The average Bonchev–Trinajstić information content (AvgIpc) is 3.37. The highest BCUT2D eigenvalue weighted by Crippen LogP contribution is 2.27. The Morgan fingerprint density at radius 1 is 1.11 bits per heavy atom. The number of nitrogens with one attached hydrogen (secondary N) is 2. The number of hydrogen-bond donors (Lipinski definition) is 2. The summed E-state index contributed by atoms with van der Waals surface area (Å²) in [6.45, 7) is 2.49. The largest absolute Gasteiger partial charge is 0.469 e. The normalized spacial score (nSPS) is 20.0. The summed E-state index contributed by atoms with van der Waals surface area (Å²) >= 11 is 0. The zero-order valence-corrected chi connectivity index (χ0v) is 19.7. The molecule has 0 aromatic carbocycles. The highest BCUT2D eigenvalue weighted by Gasteiger charge is 2.32. The molecule has 0 bridgehead atoms. The Morgan fingerprint density at radius 3 is 2.50 bits per heavy atom. The van der Waals surface area contributed by atoms with Gasteiger partial charge in [0.2, 0.25) is 5.91 Å². The standard InChI is InChI=1S/C20H36N4O3.HI/c1-21-20(22-13-8-4-3-5-11-18(25)27-2)23-17-12-14-24(15-17)19(26)16-9-6-7-10-16;/h16-17H,3-15H2,1-2H3,(H2,21,22,23);1H. The molecule has 1 atom stereocenters. The van der Waals surface area contributed by atoms with Crippen molar-refractivity contribution in [2.75, 3.05) is 33.8 Å². The summed E-state index contributed by atoms with van der Waals surface area (Å²) in [5.74, 6) is 1.30. The summed E-state index contributed by atoms with van der Waals surface area (Å²) in [7, 11) is 3.21. The Hall–Kier alpha value is -1.06. The zero-order chi connectivity index (χ0) is 19.5. The number of carbonyl (C=O) groups is 2. The van der Waals surface area contributed by atoms with Gasteiger partial charge in [-0.2, -0.15) is 0 Å². The summed E-state index contributed by atoms with van der Waals surface area (Å²) in [6.07, 6.45) is 10.0. The number of ether oxygens (including phenoxy) is 1. The number of aliphatic imine (C=N–C) groups is 1. The minimum Gasteiger partial charge on any atom is -0.469 e. The van der Waals surface area contributed by atoms with E-state index in [1.807, 2.05) is 4.90 Å². The molecule has 28 heavy (non-hydrogen) atoms. The second-order valence-corrected chi connectivity index (χ2v) is 7.63. The van der Waals surface area contributed by atoms with Crippen LogP contribution in [-0.4, -0.2) is 62.6 Å². The maximum atomic E-state index is 12.5. The Morgan fingerprint density at radius 2 is 1.82 bits per heavy atom. The van der Waals surface area contributed by atoms with Gasteiger partial charge in [-0.15, -0.1) is 24.0 Å². The number of halogens is 1. The zero-order valence-electron chi connectivity index (χ0n) is 17.4. The number of unbranched alkanes of at least 4 members (excludes halogenated alkanes) is 3. The first-order valence-corrected chi connectivity index (χ1v) is 10.5. The molecule has 1 unspecified atom stereocenters. The van der Waals surface area contributed by atoms with Crippen molar-refractivity contribution < 1.29 is 14.3 Å². The molecule has 2 rings (SSSR count). The van der Waals surface area contributed by atoms with Gasteiger partial charge in [0.15, 0.2) is 5.96 Å². The van der Waals surface area contributed by atoms with E-state index in [1.165, 1.54) is 20.0 Å². The highest BCUT2D eigenvalue weighted by atomic mass is 127. The molecule has 162 valence electrons. The van der Waals surface area contributed by atoms with Crippen molar-refractivity contribution in [3.05, 3.63) is 0 Å². The molecule has 8 heteroatoms. The van der Waals surface area contributed by atoms with Crippen LogP contribution in [0.1, 0.15) is 64.2 Å². The van der Waals surface area contributed by atoms with E-state index in [1.54, 1.807) is 7.05 Å². The number of likely N-dealkylation sites (tertiary alicyclic amines) is 1. The van der Waals surface area contributed by atoms with Gasteiger partial charge in [-0.1, -0.05) is 25.7 Å². The van der Waals surface area contributed by atoms with Crippen LogP contribution in [-0.2, 0) is 14.3 Å². The van der Waals surface area contributed by atoms with E-state index in [9.17, 15) is 9.59 Å². The van der Waals surface area contributed by atoms with Crippen LogP contribution in [0, 0.1) is 5.92 Å². The molecule has 1 aliphatic heterocycles. The SMILES string of the molecule is CN=C(NCCCCCCC(=O)OC)NC1CCN(C(=O)C2CCCC2)C1.I. The monoisotopic (exact) mass is 508 g/mol. The summed E-state index contributed by atoms with van der Waals surface area (Å²) in [4.78, 5) is 29.9. The van der Waals surface area contributed by atoms with E-state index in [-0.39, 0.29) is 41.9 Å². The maximum Gasteiger partial charge on any atom is 0.305 e. The topological polar surface area (TPSA) is 83.0 Å². The van der Waals surface area contributed by atoms with E-state index in [0.717, 1.165) is 70.5 Å². The van der Waals surface area contributed by atoms with Gasteiger partial charge in [0, 0.05) is 45.1 Å². The minimum absolute atomic E-state index is 0. The first-order chi connectivity index (χ1) is 13.1. The lowest BCUT2D eigenvalue weighted by atomic mass is 10.1. The molecular weight excluding hydrogens is 471 g/mol. The van der Waals surface area contributed by atoms with Crippen LogP contribution in [0.4, 0.5) is 0 Å². The second kappa shape index (κ2) is 14.0. The van der Waals surface area contributed by atoms with Crippen molar-refractivity contribution in [1.82, 2.24) is 15.5 Å². The summed E-state index contributed by atoms with van der Waals surface area (Å²) < 4.78 is 4.64. The summed E-state index contributed by atoms with van der Waals surface area (Å²) in [5.41, 5.74) is 0. The van der Waals surface area contributed by atoms with E-state index in [4.69, 9.17) is 0 Å². The van der Waals surface area contributed by atoms with E-state index < -0.39 is 0 Å². The van der Waals surface area contributed by atoms with Gasteiger partial charge in [-0.05, 0) is 32.1 Å².